The minimum absolute atomic E-state index is 0.0465. The van der Waals surface area contributed by atoms with Crippen LogP contribution >= 0.6 is 31.9 Å². The number of halogens is 2. The summed E-state index contributed by atoms with van der Waals surface area (Å²) < 4.78 is 7.22. The summed E-state index contributed by atoms with van der Waals surface area (Å²) in [7, 11) is 0. The van der Waals surface area contributed by atoms with Crippen molar-refractivity contribution < 1.29 is 9.53 Å². The van der Waals surface area contributed by atoms with Gasteiger partial charge in [0.15, 0.2) is 6.61 Å². The van der Waals surface area contributed by atoms with Gasteiger partial charge in [0, 0.05) is 24.5 Å². The maximum atomic E-state index is 12.1. The molecular formula is C19H20Br2N2O2. The van der Waals surface area contributed by atoms with Gasteiger partial charge in [0.2, 0.25) is 0 Å². The summed E-state index contributed by atoms with van der Waals surface area (Å²) in [5.74, 6) is 0.437. The molecule has 0 radical (unpaired) electrons. The van der Waals surface area contributed by atoms with Crippen LogP contribution < -0.4 is 15.0 Å². The first-order valence-corrected chi connectivity index (χ1v) is 9.94. The van der Waals surface area contributed by atoms with E-state index < -0.39 is 0 Å². The first kappa shape index (κ1) is 18.3. The van der Waals surface area contributed by atoms with Gasteiger partial charge in [-0.2, -0.15) is 0 Å². The van der Waals surface area contributed by atoms with Crippen molar-refractivity contribution in [3.8, 4) is 5.75 Å². The second-order valence-corrected chi connectivity index (χ2v) is 7.69. The number of carbonyl (C=O) groups is 1. The maximum Gasteiger partial charge on any atom is 0.262 e. The minimum Gasteiger partial charge on any atom is -0.481 e. The Bertz CT molecular complexity index is 708. The molecule has 1 aliphatic heterocycles. The predicted molar refractivity (Wildman–Crippen MR) is 108 cm³/mol. The van der Waals surface area contributed by atoms with Gasteiger partial charge in [-0.25, -0.2) is 0 Å². The van der Waals surface area contributed by atoms with E-state index >= 15 is 0 Å². The SMILES string of the molecule is O=C(COc1c(Br)cccc1Br)Nc1ccc(N2CCCCC2)cc1. The third-order valence-electron chi connectivity index (χ3n) is 4.14. The highest BCUT2D eigenvalue weighted by molar-refractivity contribution is 9.11. The Labute approximate surface area is 164 Å². The fourth-order valence-corrected chi connectivity index (χ4v) is 4.09. The fourth-order valence-electron chi connectivity index (χ4n) is 2.86. The van der Waals surface area contributed by atoms with E-state index in [1.807, 2.05) is 30.3 Å². The standard InChI is InChI=1S/C19H20Br2N2O2/c20-16-5-4-6-17(21)19(16)25-13-18(24)22-14-7-9-15(10-8-14)23-11-2-1-3-12-23/h4-10H,1-3,11-13H2,(H,22,24). The molecule has 25 heavy (non-hydrogen) atoms. The van der Waals surface area contributed by atoms with Crippen LogP contribution in [0.25, 0.3) is 0 Å². The predicted octanol–water partition coefficient (Wildman–Crippen LogP) is 5.22. The lowest BCUT2D eigenvalue weighted by molar-refractivity contribution is -0.118. The van der Waals surface area contributed by atoms with Gasteiger partial charge >= 0.3 is 0 Å². The van der Waals surface area contributed by atoms with Crippen molar-refractivity contribution in [2.45, 2.75) is 19.3 Å². The number of nitrogens with one attached hydrogen (secondary N) is 1. The fraction of sp³-hybridized carbons (Fsp3) is 0.316. The summed E-state index contributed by atoms with van der Waals surface area (Å²) >= 11 is 6.84. The molecule has 3 rings (SSSR count). The van der Waals surface area contributed by atoms with Gasteiger partial charge in [0.05, 0.1) is 8.95 Å². The van der Waals surface area contributed by atoms with Crippen molar-refractivity contribution in [1.29, 1.82) is 0 Å². The molecule has 6 heteroatoms. The number of hydrogen-bond donors (Lipinski definition) is 1. The zero-order chi connectivity index (χ0) is 17.6. The zero-order valence-electron chi connectivity index (χ0n) is 13.8. The highest BCUT2D eigenvalue weighted by atomic mass is 79.9. The van der Waals surface area contributed by atoms with Gasteiger partial charge in [0.25, 0.3) is 5.91 Å². The average Bonchev–Trinajstić information content (AvgIpc) is 2.63. The van der Waals surface area contributed by atoms with Crippen LogP contribution in [-0.2, 0) is 4.79 Å². The average molecular weight is 468 g/mol. The summed E-state index contributed by atoms with van der Waals surface area (Å²) in [6.45, 7) is 2.18. The number of rotatable bonds is 5. The van der Waals surface area contributed by atoms with Crippen molar-refractivity contribution in [3.63, 3.8) is 0 Å². The first-order valence-electron chi connectivity index (χ1n) is 8.35. The van der Waals surface area contributed by atoms with E-state index in [0.717, 1.165) is 27.7 Å². The molecule has 0 atom stereocenters. The molecule has 0 unspecified atom stereocenters. The topological polar surface area (TPSA) is 41.6 Å². The van der Waals surface area contributed by atoms with Crippen molar-refractivity contribution in [2.24, 2.45) is 0 Å². The van der Waals surface area contributed by atoms with Gasteiger partial charge in [-0.15, -0.1) is 0 Å². The Hall–Kier alpha value is -1.53. The Morgan fingerprint density at radius 3 is 2.28 bits per heavy atom. The van der Waals surface area contributed by atoms with Crippen molar-refractivity contribution in [1.82, 2.24) is 0 Å². The molecule has 132 valence electrons. The molecule has 0 aromatic heterocycles. The van der Waals surface area contributed by atoms with Gasteiger partial charge in [0.1, 0.15) is 5.75 Å². The lowest BCUT2D eigenvalue weighted by Gasteiger charge is -2.28. The van der Waals surface area contributed by atoms with Crippen LogP contribution in [0.15, 0.2) is 51.4 Å². The molecule has 0 saturated carbocycles. The van der Waals surface area contributed by atoms with E-state index in [0.29, 0.717) is 5.75 Å². The minimum atomic E-state index is -0.187. The number of amides is 1. The Morgan fingerprint density at radius 1 is 1.00 bits per heavy atom. The van der Waals surface area contributed by atoms with Gasteiger partial charge in [-0.05, 0) is 87.5 Å². The lowest BCUT2D eigenvalue weighted by atomic mass is 10.1. The molecule has 1 saturated heterocycles. The Kier molecular flexibility index (Phi) is 6.37. The molecule has 1 fully saturated rings. The number of para-hydroxylation sites is 1. The number of carbonyl (C=O) groups excluding carboxylic acids is 1. The Morgan fingerprint density at radius 2 is 1.64 bits per heavy atom. The summed E-state index contributed by atoms with van der Waals surface area (Å²) in [5.41, 5.74) is 1.99. The molecule has 1 aliphatic rings. The van der Waals surface area contributed by atoms with Crippen LogP contribution in [-0.4, -0.2) is 25.6 Å². The van der Waals surface area contributed by atoms with Gasteiger partial charge < -0.3 is 15.0 Å². The maximum absolute atomic E-state index is 12.1. The van der Waals surface area contributed by atoms with Crippen LogP contribution in [0.4, 0.5) is 11.4 Å². The van der Waals surface area contributed by atoms with Crippen LogP contribution in [0.2, 0.25) is 0 Å². The third-order valence-corrected chi connectivity index (χ3v) is 5.39. The highest BCUT2D eigenvalue weighted by Gasteiger charge is 2.12. The summed E-state index contributed by atoms with van der Waals surface area (Å²) in [5, 5.41) is 2.87. The van der Waals surface area contributed by atoms with Gasteiger partial charge in [-0.3, -0.25) is 4.79 Å². The monoisotopic (exact) mass is 466 g/mol. The summed E-state index contributed by atoms with van der Waals surface area (Å²) in [4.78, 5) is 14.5. The molecule has 4 nitrogen and oxygen atoms in total. The van der Waals surface area contributed by atoms with E-state index in [-0.39, 0.29) is 12.5 Å². The summed E-state index contributed by atoms with van der Waals surface area (Å²) in [6, 6.07) is 13.6. The molecular weight excluding hydrogens is 448 g/mol. The normalized spacial score (nSPS) is 14.2. The number of nitrogens with zero attached hydrogens (tertiary/aromatic N) is 1. The largest absolute Gasteiger partial charge is 0.481 e. The first-order chi connectivity index (χ1) is 12.1. The number of ether oxygens (including phenoxy) is 1. The second kappa shape index (κ2) is 8.72. The van der Waals surface area contributed by atoms with E-state index in [9.17, 15) is 4.79 Å². The van der Waals surface area contributed by atoms with Gasteiger partial charge in [-0.1, -0.05) is 6.07 Å². The van der Waals surface area contributed by atoms with E-state index in [4.69, 9.17) is 4.74 Å². The van der Waals surface area contributed by atoms with Crippen LogP contribution in [0.1, 0.15) is 19.3 Å². The quantitative estimate of drug-likeness (QED) is 0.655. The second-order valence-electron chi connectivity index (χ2n) is 5.98. The van der Waals surface area contributed by atoms with Crippen LogP contribution in [0.5, 0.6) is 5.75 Å². The Balaban J connectivity index is 1.54. The zero-order valence-corrected chi connectivity index (χ0v) is 17.0. The molecule has 2 aromatic rings. The number of hydrogen-bond acceptors (Lipinski definition) is 3. The molecule has 0 spiro atoms. The van der Waals surface area contributed by atoms with Crippen molar-refractivity contribution in [2.75, 3.05) is 29.9 Å². The van der Waals surface area contributed by atoms with E-state index in [1.54, 1.807) is 0 Å². The molecule has 1 amide bonds. The lowest BCUT2D eigenvalue weighted by Crippen LogP contribution is -2.29. The van der Waals surface area contributed by atoms with Crippen LogP contribution in [0, 0.1) is 0 Å². The molecule has 1 heterocycles. The van der Waals surface area contributed by atoms with E-state index in [2.05, 4.69) is 54.2 Å². The number of benzene rings is 2. The molecule has 0 aliphatic carbocycles. The number of piperidine rings is 1. The van der Waals surface area contributed by atoms with Crippen molar-refractivity contribution >= 4 is 49.1 Å². The molecule has 1 N–H and O–H groups in total. The molecule has 0 bridgehead atoms. The summed E-state index contributed by atoms with van der Waals surface area (Å²) in [6.07, 6.45) is 3.82. The highest BCUT2D eigenvalue weighted by Crippen LogP contribution is 2.32. The van der Waals surface area contributed by atoms with Crippen LogP contribution in [0.3, 0.4) is 0 Å². The molecule has 2 aromatic carbocycles. The smallest absolute Gasteiger partial charge is 0.262 e. The van der Waals surface area contributed by atoms with Crippen molar-refractivity contribution in [3.05, 3.63) is 51.4 Å². The number of anilines is 2. The van der Waals surface area contributed by atoms with E-state index in [1.165, 1.54) is 24.9 Å². The third kappa shape index (κ3) is 4.98.